The van der Waals surface area contributed by atoms with Gasteiger partial charge in [0.05, 0.1) is 0 Å². The minimum atomic E-state index is -3.40. The summed E-state index contributed by atoms with van der Waals surface area (Å²) in [6.45, 7) is 4.20. The molecule has 2 rings (SSSR count). The number of hydrogen-bond acceptors (Lipinski definition) is 3. The molecule has 0 spiro atoms. The van der Waals surface area contributed by atoms with E-state index < -0.39 is 10.0 Å². The van der Waals surface area contributed by atoms with Gasteiger partial charge in [0, 0.05) is 16.3 Å². The third-order valence-electron chi connectivity index (χ3n) is 2.64. The summed E-state index contributed by atoms with van der Waals surface area (Å²) in [6, 6.07) is 5.44. The Hall–Kier alpha value is -0.620. The fourth-order valence-electron chi connectivity index (χ4n) is 1.73. The molecule has 3 nitrogen and oxygen atoms in total. The second-order valence-corrected chi connectivity index (χ2v) is 7.50. The van der Waals surface area contributed by atoms with Crippen LogP contribution in [0.15, 0.2) is 22.4 Å². The third kappa shape index (κ3) is 2.54. The number of sulfonamides is 1. The fourth-order valence-corrected chi connectivity index (χ4v) is 4.82. The zero-order chi connectivity index (χ0) is 13.3. The summed E-state index contributed by atoms with van der Waals surface area (Å²) < 4.78 is 28.2. The van der Waals surface area contributed by atoms with Gasteiger partial charge in [-0.25, -0.2) is 13.1 Å². The Labute approximate surface area is 116 Å². The fraction of sp³-hybridized carbons (Fsp3) is 0.333. The van der Waals surface area contributed by atoms with Gasteiger partial charge in [0.15, 0.2) is 0 Å². The summed E-state index contributed by atoms with van der Waals surface area (Å²) in [7, 11) is -3.40. The van der Waals surface area contributed by atoms with E-state index in [4.69, 9.17) is 11.6 Å². The van der Waals surface area contributed by atoms with Crippen LogP contribution in [0.3, 0.4) is 0 Å². The van der Waals surface area contributed by atoms with Crippen LogP contribution < -0.4 is 4.72 Å². The molecule has 1 aromatic heterocycles. The monoisotopic (exact) mass is 303 g/mol. The van der Waals surface area contributed by atoms with Crippen molar-refractivity contribution in [2.45, 2.75) is 24.5 Å². The Bertz CT molecular complexity index is 677. The molecule has 0 aliphatic carbocycles. The summed E-state index contributed by atoms with van der Waals surface area (Å²) in [4.78, 5) is 0. The van der Waals surface area contributed by atoms with Crippen LogP contribution in [0.25, 0.3) is 10.1 Å². The SMILES string of the molecule is CCCNS(=O)(=O)c1sc2ccc(Cl)cc2c1C. The second kappa shape index (κ2) is 5.17. The molecular weight excluding hydrogens is 290 g/mol. The van der Waals surface area contributed by atoms with Gasteiger partial charge in [-0.1, -0.05) is 18.5 Å². The molecule has 2 aromatic rings. The van der Waals surface area contributed by atoms with Crippen LogP contribution in [0.2, 0.25) is 5.02 Å². The first-order chi connectivity index (χ1) is 8.45. The van der Waals surface area contributed by atoms with E-state index in [1.807, 2.05) is 26.0 Å². The largest absolute Gasteiger partial charge is 0.250 e. The number of aryl methyl sites for hydroxylation is 1. The van der Waals surface area contributed by atoms with Crippen molar-refractivity contribution in [3.8, 4) is 0 Å². The van der Waals surface area contributed by atoms with E-state index in [1.54, 1.807) is 6.07 Å². The normalized spacial score (nSPS) is 12.2. The second-order valence-electron chi connectivity index (χ2n) is 4.05. The van der Waals surface area contributed by atoms with E-state index in [0.717, 1.165) is 22.1 Å². The van der Waals surface area contributed by atoms with Crippen LogP contribution in [0.5, 0.6) is 0 Å². The highest BCUT2D eigenvalue weighted by atomic mass is 35.5. The molecule has 0 saturated heterocycles. The summed E-state index contributed by atoms with van der Waals surface area (Å²) >= 11 is 7.22. The van der Waals surface area contributed by atoms with Crippen molar-refractivity contribution < 1.29 is 8.42 Å². The van der Waals surface area contributed by atoms with Crippen molar-refractivity contribution in [1.29, 1.82) is 0 Å². The number of thiophene rings is 1. The lowest BCUT2D eigenvalue weighted by Crippen LogP contribution is -2.24. The van der Waals surface area contributed by atoms with Crippen LogP contribution in [-0.4, -0.2) is 15.0 Å². The summed E-state index contributed by atoms with van der Waals surface area (Å²) in [6.07, 6.45) is 0.773. The molecule has 1 N–H and O–H groups in total. The molecule has 0 aliphatic heterocycles. The first kappa shape index (κ1) is 13.8. The van der Waals surface area contributed by atoms with Gasteiger partial charge in [-0.15, -0.1) is 11.3 Å². The topological polar surface area (TPSA) is 46.2 Å². The van der Waals surface area contributed by atoms with Gasteiger partial charge >= 0.3 is 0 Å². The van der Waals surface area contributed by atoms with Gasteiger partial charge in [0.25, 0.3) is 0 Å². The maximum Gasteiger partial charge on any atom is 0.250 e. The zero-order valence-electron chi connectivity index (χ0n) is 10.2. The number of hydrogen-bond donors (Lipinski definition) is 1. The van der Waals surface area contributed by atoms with E-state index in [2.05, 4.69) is 4.72 Å². The molecule has 6 heteroatoms. The first-order valence-corrected chi connectivity index (χ1v) is 8.32. The molecule has 98 valence electrons. The quantitative estimate of drug-likeness (QED) is 0.939. The maximum absolute atomic E-state index is 12.1. The van der Waals surface area contributed by atoms with Crippen molar-refractivity contribution in [2.24, 2.45) is 0 Å². The summed E-state index contributed by atoms with van der Waals surface area (Å²) in [5.74, 6) is 0. The van der Waals surface area contributed by atoms with Crippen molar-refractivity contribution in [3.05, 3.63) is 28.8 Å². The van der Waals surface area contributed by atoms with E-state index >= 15 is 0 Å². The molecule has 0 radical (unpaired) electrons. The highest BCUT2D eigenvalue weighted by molar-refractivity contribution is 7.91. The van der Waals surface area contributed by atoms with Gasteiger partial charge in [0.1, 0.15) is 4.21 Å². The molecule has 0 fully saturated rings. The van der Waals surface area contributed by atoms with Crippen molar-refractivity contribution in [1.82, 2.24) is 4.72 Å². The molecule has 1 heterocycles. The highest BCUT2D eigenvalue weighted by Gasteiger charge is 2.20. The van der Waals surface area contributed by atoms with Crippen molar-refractivity contribution in [2.75, 3.05) is 6.54 Å². The number of halogens is 1. The molecular formula is C12H14ClNO2S2. The van der Waals surface area contributed by atoms with E-state index in [1.165, 1.54) is 11.3 Å². The molecule has 0 atom stereocenters. The summed E-state index contributed by atoms with van der Waals surface area (Å²) in [5, 5.41) is 1.53. The van der Waals surface area contributed by atoms with E-state index in [-0.39, 0.29) is 0 Å². The Balaban J connectivity index is 2.55. The summed E-state index contributed by atoms with van der Waals surface area (Å²) in [5.41, 5.74) is 0.765. The van der Waals surface area contributed by atoms with Crippen molar-refractivity contribution in [3.63, 3.8) is 0 Å². The van der Waals surface area contributed by atoms with Crippen LogP contribution in [-0.2, 0) is 10.0 Å². The van der Waals surface area contributed by atoms with Gasteiger partial charge < -0.3 is 0 Å². The van der Waals surface area contributed by atoms with Crippen LogP contribution in [0, 0.1) is 6.92 Å². The number of nitrogens with one attached hydrogen (secondary N) is 1. The molecule has 0 unspecified atom stereocenters. The molecule has 1 aromatic carbocycles. The lowest BCUT2D eigenvalue weighted by atomic mass is 10.2. The first-order valence-electron chi connectivity index (χ1n) is 5.64. The molecule has 18 heavy (non-hydrogen) atoms. The number of rotatable bonds is 4. The van der Waals surface area contributed by atoms with Gasteiger partial charge in [-0.05, 0) is 42.5 Å². The third-order valence-corrected chi connectivity index (χ3v) is 6.23. The minimum absolute atomic E-state index is 0.383. The zero-order valence-corrected chi connectivity index (χ0v) is 12.5. The van der Waals surface area contributed by atoms with Crippen LogP contribution in [0.1, 0.15) is 18.9 Å². The van der Waals surface area contributed by atoms with Gasteiger partial charge in [0.2, 0.25) is 10.0 Å². The minimum Gasteiger partial charge on any atom is -0.210 e. The smallest absolute Gasteiger partial charge is 0.210 e. The predicted octanol–water partition coefficient (Wildman–Crippen LogP) is 3.55. The van der Waals surface area contributed by atoms with Gasteiger partial charge in [-0.2, -0.15) is 0 Å². The highest BCUT2D eigenvalue weighted by Crippen LogP contribution is 2.35. The van der Waals surface area contributed by atoms with E-state index in [0.29, 0.717) is 15.8 Å². The molecule has 0 aliphatic rings. The Morgan fingerprint density at radius 1 is 1.39 bits per heavy atom. The molecule has 0 amide bonds. The lowest BCUT2D eigenvalue weighted by Gasteiger charge is -2.03. The van der Waals surface area contributed by atoms with Crippen molar-refractivity contribution >= 4 is 43.0 Å². The average Bonchev–Trinajstić information content (AvgIpc) is 2.65. The Morgan fingerprint density at radius 2 is 2.11 bits per heavy atom. The van der Waals surface area contributed by atoms with Crippen LogP contribution in [0.4, 0.5) is 0 Å². The predicted molar refractivity (Wildman–Crippen MR) is 77.1 cm³/mol. The van der Waals surface area contributed by atoms with Gasteiger partial charge in [-0.3, -0.25) is 0 Å². The number of fused-ring (bicyclic) bond motifs is 1. The Kier molecular flexibility index (Phi) is 3.96. The number of benzene rings is 1. The molecule has 0 bridgehead atoms. The average molecular weight is 304 g/mol. The molecule has 0 saturated carbocycles. The van der Waals surface area contributed by atoms with E-state index in [9.17, 15) is 8.42 Å². The Morgan fingerprint density at radius 3 is 2.78 bits per heavy atom. The van der Waals surface area contributed by atoms with Crippen LogP contribution >= 0.6 is 22.9 Å². The maximum atomic E-state index is 12.1. The lowest BCUT2D eigenvalue weighted by molar-refractivity contribution is 0.582. The standard InChI is InChI=1S/C12H14ClNO2S2/c1-3-6-14-18(15,16)12-8(2)10-7-9(13)4-5-11(10)17-12/h4-5,7,14H,3,6H2,1-2H3.